The highest BCUT2D eigenvalue weighted by atomic mass is 35.5. The maximum atomic E-state index is 6.34. The molecule has 0 bridgehead atoms. The first-order valence-electron chi connectivity index (χ1n) is 8.66. The average Bonchev–Trinajstić information content (AvgIpc) is 2.92. The molecular formula is C21H25ClN2. The SMILES string of the molecule is CC(C)CCNCc1cn(Cc2ccccc2Cl)c2ccccc12. The van der Waals surface area contributed by atoms with Crippen LogP contribution in [0.3, 0.4) is 0 Å². The van der Waals surface area contributed by atoms with E-state index in [1.165, 1.54) is 22.9 Å². The standard InChI is InChI=1S/C21H25ClN2/c1-16(2)11-12-23-13-18-15-24(21-10-6-4-8-19(18)21)14-17-7-3-5-9-20(17)22/h3-10,15-16,23H,11-14H2,1-2H3. The van der Waals surface area contributed by atoms with Crippen LogP contribution in [0.2, 0.25) is 5.02 Å². The molecule has 0 fully saturated rings. The van der Waals surface area contributed by atoms with Gasteiger partial charge in [0.25, 0.3) is 0 Å². The van der Waals surface area contributed by atoms with Gasteiger partial charge in [0.15, 0.2) is 0 Å². The molecule has 126 valence electrons. The van der Waals surface area contributed by atoms with E-state index in [1.54, 1.807) is 0 Å². The zero-order valence-electron chi connectivity index (χ0n) is 14.4. The van der Waals surface area contributed by atoms with Gasteiger partial charge in [-0.25, -0.2) is 0 Å². The minimum atomic E-state index is 0.735. The fraction of sp³-hybridized carbons (Fsp3) is 0.333. The predicted molar refractivity (Wildman–Crippen MR) is 104 cm³/mol. The number of hydrogen-bond donors (Lipinski definition) is 1. The molecular weight excluding hydrogens is 316 g/mol. The van der Waals surface area contributed by atoms with Crippen molar-refractivity contribution in [3.05, 3.63) is 70.9 Å². The first-order chi connectivity index (χ1) is 11.6. The molecule has 3 rings (SSSR count). The van der Waals surface area contributed by atoms with E-state index in [-0.39, 0.29) is 0 Å². The molecule has 0 radical (unpaired) electrons. The van der Waals surface area contributed by atoms with Gasteiger partial charge in [0.2, 0.25) is 0 Å². The Morgan fingerprint density at radius 3 is 2.54 bits per heavy atom. The Morgan fingerprint density at radius 2 is 1.75 bits per heavy atom. The van der Waals surface area contributed by atoms with Crippen molar-refractivity contribution in [2.45, 2.75) is 33.4 Å². The highest BCUT2D eigenvalue weighted by Gasteiger charge is 2.09. The Labute approximate surface area is 149 Å². The molecule has 1 heterocycles. The first-order valence-corrected chi connectivity index (χ1v) is 9.04. The van der Waals surface area contributed by atoms with Crippen LogP contribution in [-0.4, -0.2) is 11.1 Å². The number of rotatable bonds is 7. The number of aromatic nitrogens is 1. The summed E-state index contributed by atoms with van der Waals surface area (Å²) >= 11 is 6.34. The van der Waals surface area contributed by atoms with E-state index in [2.05, 4.69) is 60.3 Å². The summed E-state index contributed by atoms with van der Waals surface area (Å²) in [5, 5.41) is 5.72. The molecule has 2 aromatic carbocycles. The number of hydrogen-bond acceptors (Lipinski definition) is 1. The monoisotopic (exact) mass is 340 g/mol. The van der Waals surface area contributed by atoms with Crippen LogP contribution in [0, 0.1) is 5.92 Å². The van der Waals surface area contributed by atoms with Gasteiger partial charge < -0.3 is 9.88 Å². The van der Waals surface area contributed by atoms with Crippen molar-refractivity contribution in [1.82, 2.24) is 9.88 Å². The molecule has 0 aliphatic carbocycles. The predicted octanol–water partition coefficient (Wildman–Crippen LogP) is 5.48. The van der Waals surface area contributed by atoms with Crippen LogP contribution in [-0.2, 0) is 13.1 Å². The summed E-state index contributed by atoms with van der Waals surface area (Å²) < 4.78 is 2.30. The minimum Gasteiger partial charge on any atom is -0.343 e. The van der Waals surface area contributed by atoms with Crippen molar-refractivity contribution < 1.29 is 0 Å². The summed E-state index contributed by atoms with van der Waals surface area (Å²) in [6.07, 6.45) is 3.47. The number of benzene rings is 2. The van der Waals surface area contributed by atoms with Gasteiger partial charge >= 0.3 is 0 Å². The van der Waals surface area contributed by atoms with E-state index in [0.717, 1.165) is 36.1 Å². The first kappa shape index (κ1) is 17.1. The Hall–Kier alpha value is -1.77. The number of fused-ring (bicyclic) bond motifs is 1. The van der Waals surface area contributed by atoms with Gasteiger partial charge in [-0.15, -0.1) is 0 Å². The fourth-order valence-corrected chi connectivity index (χ4v) is 3.21. The summed E-state index contributed by atoms with van der Waals surface area (Å²) in [7, 11) is 0. The minimum absolute atomic E-state index is 0.735. The molecule has 3 heteroatoms. The molecule has 3 aromatic rings. The topological polar surface area (TPSA) is 17.0 Å². The molecule has 1 aromatic heterocycles. The lowest BCUT2D eigenvalue weighted by atomic mass is 10.1. The molecule has 0 saturated heterocycles. The van der Waals surface area contributed by atoms with Crippen LogP contribution in [0.15, 0.2) is 54.7 Å². The molecule has 0 aliphatic rings. The van der Waals surface area contributed by atoms with E-state index >= 15 is 0 Å². The summed E-state index contributed by atoms with van der Waals surface area (Å²) in [5.41, 5.74) is 3.76. The Balaban J connectivity index is 1.82. The molecule has 2 nitrogen and oxygen atoms in total. The molecule has 0 amide bonds. The number of halogens is 1. The van der Waals surface area contributed by atoms with Crippen molar-refractivity contribution in [3.8, 4) is 0 Å². The molecule has 0 spiro atoms. The summed E-state index contributed by atoms with van der Waals surface area (Å²) in [6.45, 7) is 7.28. The Bertz CT molecular complexity index is 804. The van der Waals surface area contributed by atoms with E-state index < -0.39 is 0 Å². The van der Waals surface area contributed by atoms with Gasteiger partial charge in [0.1, 0.15) is 0 Å². The Kier molecular flexibility index (Phi) is 5.60. The van der Waals surface area contributed by atoms with Crippen molar-refractivity contribution in [2.75, 3.05) is 6.54 Å². The van der Waals surface area contributed by atoms with Gasteiger partial charge in [-0.2, -0.15) is 0 Å². The number of nitrogens with one attached hydrogen (secondary N) is 1. The van der Waals surface area contributed by atoms with Crippen LogP contribution in [0.4, 0.5) is 0 Å². The summed E-state index contributed by atoms with van der Waals surface area (Å²) in [5.74, 6) is 0.735. The van der Waals surface area contributed by atoms with Gasteiger partial charge in [-0.05, 0) is 42.1 Å². The zero-order chi connectivity index (χ0) is 16.9. The van der Waals surface area contributed by atoms with E-state index in [4.69, 9.17) is 11.6 Å². The molecule has 0 aliphatic heterocycles. The lowest BCUT2D eigenvalue weighted by Gasteiger charge is -2.07. The van der Waals surface area contributed by atoms with Gasteiger partial charge in [0, 0.05) is 35.2 Å². The van der Waals surface area contributed by atoms with Gasteiger partial charge in [-0.1, -0.05) is 61.8 Å². The fourth-order valence-electron chi connectivity index (χ4n) is 3.02. The molecule has 24 heavy (non-hydrogen) atoms. The third kappa shape index (κ3) is 4.00. The molecule has 1 N–H and O–H groups in total. The van der Waals surface area contributed by atoms with E-state index in [1.807, 2.05) is 18.2 Å². The number of para-hydroxylation sites is 1. The van der Waals surface area contributed by atoms with Crippen LogP contribution in [0.5, 0.6) is 0 Å². The second-order valence-electron chi connectivity index (χ2n) is 6.75. The molecule has 0 unspecified atom stereocenters. The van der Waals surface area contributed by atoms with Crippen molar-refractivity contribution in [3.63, 3.8) is 0 Å². The summed E-state index contributed by atoms with van der Waals surface area (Å²) in [6, 6.07) is 16.7. The van der Waals surface area contributed by atoms with Crippen LogP contribution >= 0.6 is 11.6 Å². The van der Waals surface area contributed by atoms with Crippen molar-refractivity contribution in [2.24, 2.45) is 5.92 Å². The number of nitrogens with zero attached hydrogens (tertiary/aromatic N) is 1. The van der Waals surface area contributed by atoms with E-state index in [0.29, 0.717) is 0 Å². The summed E-state index contributed by atoms with van der Waals surface area (Å²) in [4.78, 5) is 0. The quantitative estimate of drug-likeness (QED) is 0.563. The third-order valence-corrected chi connectivity index (χ3v) is 4.75. The average molecular weight is 341 g/mol. The zero-order valence-corrected chi connectivity index (χ0v) is 15.2. The lowest BCUT2D eigenvalue weighted by Crippen LogP contribution is -2.16. The van der Waals surface area contributed by atoms with Crippen LogP contribution in [0.25, 0.3) is 10.9 Å². The highest BCUT2D eigenvalue weighted by Crippen LogP contribution is 2.24. The second kappa shape index (κ2) is 7.87. The highest BCUT2D eigenvalue weighted by molar-refractivity contribution is 6.31. The third-order valence-electron chi connectivity index (χ3n) is 4.38. The second-order valence-corrected chi connectivity index (χ2v) is 7.16. The Morgan fingerprint density at radius 1 is 1.00 bits per heavy atom. The maximum absolute atomic E-state index is 6.34. The largest absolute Gasteiger partial charge is 0.343 e. The van der Waals surface area contributed by atoms with E-state index in [9.17, 15) is 0 Å². The lowest BCUT2D eigenvalue weighted by molar-refractivity contribution is 0.538. The smallest absolute Gasteiger partial charge is 0.0491 e. The van der Waals surface area contributed by atoms with Crippen LogP contribution in [0.1, 0.15) is 31.4 Å². The maximum Gasteiger partial charge on any atom is 0.0491 e. The van der Waals surface area contributed by atoms with Crippen molar-refractivity contribution >= 4 is 22.5 Å². The molecule has 0 saturated carbocycles. The van der Waals surface area contributed by atoms with Gasteiger partial charge in [-0.3, -0.25) is 0 Å². The molecule has 0 atom stereocenters. The normalized spacial score (nSPS) is 11.5. The van der Waals surface area contributed by atoms with Gasteiger partial charge in [0.05, 0.1) is 0 Å². The van der Waals surface area contributed by atoms with Crippen LogP contribution < -0.4 is 5.32 Å². The van der Waals surface area contributed by atoms with Crippen molar-refractivity contribution in [1.29, 1.82) is 0 Å².